The minimum absolute atomic E-state index is 0.0629. The molecule has 12 nitrogen and oxygen atoms in total. The molecule has 1 amide bonds. The average Bonchev–Trinajstić information content (AvgIpc) is 3.20. The minimum atomic E-state index is -0.219. The summed E-state index contributed by atoms with van der Waals surface area (Å²) >= 11 is 0. The van der Waals surface area contributed by atoms with Gasteiger partial charge in [0.2, 0.25) is 11.9 Å². The second-order valence-electron chi connectivity index (χ2n) is 11.4. The predicted molar refractivity (Wildman–Crippen MR) is 149 cm³/mol. The van der Waals surface area contributed by atoms with E-state index in [4.69, 9.17) is 24.3 Å². The number of nitrogens with zero attached hydrogens (tertiary/aromatic N) is 6. The molecule has 1 aliphatic carbocycles. The zero-order chi connectivity index (χ0) is 28.2. The van der Waals surface area contributed by atoms with Gasteiger partial charge in [0.1, 0.15) is 17.1 Å². The molecule has 40 heavy (non-hydrogen) atoms. The van der Waals surface area contributed by atoms with Crippen LogP contribution >= 0.6 is 0 Å². The van der Waals surface area contributed by atoms with Crippen LogP contribution in [0, 0.1) is 0 Å². The summed E-state index contributed by atoms with van der Waals surface area (Å²) in [6.45, 7) is 8.80. The standard InChI is InChI=1S/C28H34N8O4/c1-16(37)31-21-13-17(7-11-29-21)40-18-15-30-25-23(24(18)38-6)35(5)26(33-25)32-22-14-20(27(2,3)4)36(34-22)19-8-12-39-28(19)9-10-28/h7,11,13-15,19H,8-10,12H2,1-6H3,(H,29,31,37)(H,30,32,33,34)/t19-/m1/s1. The summed E-state index contributed by atoms with van der Waals surface area (Å²) in [6.07, 6.45) is 6.25. The Morgan fingerprint density at radius 2 is 2.00 bits per heavy atom. The van der Waals surface area contributed by atoms with Gasteiger partial charge in [0.25, 0.3) is 0 Å². The Labute approximate surface area is 232 Å². The van der Waals surface area contributed by atoms with E-state index in [0.717, 1.165) is 31.6 Å². The van der Waals surface area contributed by atoms with Crippen LogP contribution in [0.25, 0.3) is 11.2 Å². The smallest absolute Gasteiger partial charge is 0.222 e. The van der Waals surface area contributed by atoms with Gasteiger partial charge in [-0.15, -0.1) is 0 Å². The van der Waals surface area contributed by atoms with Crippen LogP contribution in [-0.2, 0) is 22.0 Å². The molecule has 4 aromatic heterocycles. The zero-order valence-electron chi connectivity index (χ0n) is 23.6. The topological polar surface area (TPSA) is 130 Å². The first kappa shape index (κ1) is 26.1. The predicted octanol–water partition coefficient (Wildman–Crippen LogP) is 4.85. The maximum Gasteiger partial charge on any atom is 0.222 e. The highest BCUT2D eigenvalue weighted by atomic mass is 16.5. The van der Waals surface area contributed by atoms with Gasteiger partial charge in [-0.25, -0.2) is 9.97 Å². The number of imidazole rings is 1. The van der Waals surface area contributed by atoms with Crippen LogP contribution in [0.15, 0.2) is 30.6 Å². The molecule has 1 atom stereocenters. The fourth-order valence-electron chi connectivity index (χ4n) is 5.40. The van der Waals surface area contributed by atoms with Crippen molar-refractivity contribution in [3.8, 4) is 17.2 Å². The normalized spacial score (nSPS) is 17.8. The summed E-state index contributed by atoms with van der Waals surface area (Å²) in [5.74, 6) is 2.81. The number of anilines is 3. The molecule has 2 aliphatic rings. The van der Waals surface area contributed by atoms with Crippen molar-refractivity contribution < 1.29 is 19.0 Å². The number of ether oxygens (including phenoxy) is 3. The minimum Gasteiger partial charge on any atom is -0.491 e. The van der Waals surface area contributed by atoms with Gasteiger partial charge in [-0.3, -0.25) is 9.48 Å². The first-order valence-electron chi connectivity index (χ1n) is 13.4. The fraction of sp³-hybridized carbons (Fsp3) is 0.464. The molecule has 1 aliphatic heterocycles. The summed E-state index contributed by atoms with van der Waals surface area (Å²) in [5.41, 5.74) is 2.15. The fourth-order valence-corrected chi connectivity index (χ4v) is 5.40. The van der Waals surface area contributed by atoms with E-state index >= 15 is 0 Å². The number of amides is 1. The number of methoxy groups -OCH3 is 1. The van der Waals surface area contributed by atoms with Gasteiger partial charge in [-0.2, -0.15) is 10.1 Å². The Kier molecular flexibility index (Phi) is 6.17. The number of hydrogen-bond donors (Lipinski definition) is 2. The van der Waals surface area contributed by atoms with Crippen LogP contribution in [-0.4, -0.2) is 54.5 Å². The number of carbonyl (C=O) groups excluding carboxylic acids is 1. The number of aromatic nitrogens is 6. The number of fused-ring (bicyclic) bond motifs is 1. The Hall–Kier alpha value is -4.19. The summed E-state index contributed by atoms with van der Waals surface area (Å²) in [4.78, 5) is 24.8. The van der Waals surface area contributed by atoms with Crippen molar-refractivity contribution in [2.45, 2.75) is 64.0 Å². The lowest BCUT2D eigenvalue weighted by atomic mass is 9.91. The van der Waals surface area contributed by atoms with Crippen molar-refractivity contribution in [1.29, 1.82) is 0 Å². The van der Waals surface area contributed by atoms with E-state index in [1.54, 1.807) is 31.6 Å². The Bertz CT molecular complexity index is 1600. The summed E-state index contributed by atoms with van der Waals surface area (Å²) in [7, 11) is 3.46. The van der Waals surface area contributed by atoms with Crippen molar-refractivity contribution in [3.63, 3.8) is 0 Å². The Morgan fingerprint density at radius 3 is 2.70 bits per heavy atom. The molecule has 0 aromatic carbocycles. The molecule has 1 spiro atoms. The Balaban J connectivity index is 1.33. The molecule has 12 heteroatoms. The SMILES string of the molecule is COc1c(Oc2ccnc(NC(C)=O)c2)cnc2nc(Nc3cc(C(C)(C)C)n([C@@H]4CCOC45CC5)n3)n(C)c12. The molecule has 2 N–H and O–H groups in total. The lowest BCUT2D eigenvalue weighted by Gasteiger charge is -2.26. The van der Waals surface area contributed by atoms with Crippen molar-refractivity contribution in [2.75, 3.05) is 24.4 Å². The molecular weight excluding hydrogens is 512 g/mol. The number of nitrogens with one attached hydrogen (secondary N) is 2. The molecule has 210 valence electrons. The average molecular weight is 547 g/mol. The van der Waals surface area contributed by atoms with Gasteiger partial charge in [-0.05, 0) is 25.3 Å². The summed E-state index contributed by atoms with van der Waals surface area (Å²) in [5, 5.41) is 11.1. The van der Waals surface area contributed by atoms with Crippen molar-refractivity contribution >= 4 is 34.7 Å². The molecule has 2 fully saturated rings. The maximum atomic E-state index is 11.4. The van der Waals surface area contributed by atoms with Gasteiger partial charge in [0, 0.05) is 50.0 Å². The van der Waals surface area contributed by atoms with Crippen molar-refractivity contribution in [3.05, 3.63) is 36.3 Å². The third kappa shape index (κ3) is 4.61. The second kappa shape index (κ2) is 9.47. The van der Waals surface area contributed by atoms with E-state index in [1.807, 2.05) is 11.6 Å². The molecule has 0 bridgehead atoms. The lowest BCUT2D eigenvalue weighted by molar-refractivity contribution is -0.114. The third-order valence-electron chi connectivity index (χ3n) is 7.46. The first-order chi connectivity index (χ1) is 19.1. The van der Waals surface area contributed by atoms with E-state index in [0.29, 0.717) is 46.0 Å². The summed E-state index contributed by atoms with van der Waals surface area (Å²) < 4.78 is 22.0. The molecule has 6 rings (SSSR count). The molecular formula is C28H34N8O4. The van der Waals surface area contributed by atoms with Crippen LogP contribution < -0.4 is 20.1 Å². The van der Waals surface area contributed by atoms with Gasteiger partial charge in [0.15, 0.2) is 23.0 Å². The van der Waals surface area contributed by atoms with Crippen LogP contribution in [0.3, 0.4) is 0 Å². The number of carbonyl (C=O) groups is 1. The quantitative estimate of drug-likeness (QED) is 0.334. The molecule has 5 heterocycles. The zero-order valence-corrected chi connectivity index (χ0v) is 23.6. The molecule has 1 saturated heterocycles. The summed E-state index contributed by atoms with van der Waals surface area (Å²) in [6, 6.07) is 5.66. The lowest BCUT2D eigenvalue weighted by Crippen LogP contribution is -2.28. The van der Waals surface area contributed by atoms with E-state index in [1.165, 1.54) is 6.92 Å². The monoisotopic (exact) mass is 546 g/mol. The molecule has 1 saturated carbocycles. The van der Waals surface area contributed by atoms with Gasteiger partial charge in [0.05, 0.1) is 24.9 Å². The van der Waals surface area contributed by atoms with Crippen molar-refractivity contribution in [2.24, 2.45) is 7.05 Å². The van der Waals surface area contributed by atoms with Gasteiger partial charge in [-0.1, -0.05) is 20.8 Å². The number of pyridine rings is 2. The van der Waals surface area contributed by atoms with E-state index in [2.05, 4.69) is 52.1 Å². The highest BCUT2D eigenvalue weighted by molar-refractivity contribution is 5.88. The Morgan fingerprint density at radius 1 is 1.20 bits per heavy atom. The second-order valence-corrected chi connectivity index (χ2v) is 11.4. The third-order valence-corrected chi connectivity index (χ3v) is 7.46. The molecule has 0 unspecified atom stereocenters. The number of aryl methyl sites for hydroxylation is 1. The highest BCUT2D eigenvalue weighted by Gasteiger charge is 2.56. The van der Waals surface area contributed by atoms with Crippen LogP contribution in [0.4, 0.5) is 17.6 Å². The van der Waals surface area contributed by atoms with E-state index in [-0.39, 0.29) is 23.0 Å². The first-order valence-corrected chi connectivity index (χ1v) is 13.4. The van der Waals surface area contributed by atoms with E-state index < -0.39 is 0 Å². The van der Waals surface area contributed by atoms with E-state index in [9.17, 15) is 4.79 Å². The number of hydrogen-bond acceptors (Lipinski definition) is 9. The van der Waals surface area contributed by atoms with Crippen molar-refractivity contribution in [1.82, 2.24) is 29.3 Å². The highest BCUT2D eigenvalue weighted by Crippen LogP contribution is 2.54. The maximum absolute atomic E-state index is 11.4. The number of rotatable bonds is 7. The van der Waals surface area contributed by atoms with Crippen LogP contribution in [0.5, 0.6) is 17.2 Å². The van der Waals surface area contributed by atoms with Gasteiger partial charge < -0.3 is 29.4 Å². The van der Waals surface area contributed by atoms with Crippen LogP contribution in [0.1, 0.15) is 58.7 Å². The molecule has 4 aromatic rings. The van der Waals surface area contributed by atoms with Crippen LogP contribution in [0.2, 0.25) is 0 Å². The van der Waals surface area contributed by atoms with Gasteiger partial charge >= 0.3 is 0 Å². The molecule has 0 radical (unpaired) electrons. The largest absolute Gasteiger partial charge is 0.491 e.